The zero-order valence-corrected chi connectivity index (χ0v) is 16.2. The highest BCUT2D eigenvalue weighted by molar-refractivity contribution is 7.99. The normalized spacial score (nSPS) is 26.5. The summed E-state index contributed by atoms with van der Waals surface area (Å²) < 4.78 is 26.4. The number of sulfonamides is 1. The first-order valence-electron chi connectivity index (χ1n) is 8.41. The number of rotatable bonds is 5. The van der Waals surface area contributed by atoms with Crippen molar-refractivity contribution in [2.45, 2.75) is 44.4 Å². The van der Waals surface area contributed by atoms with Crippen LogP contribution < -0.4 is 4.72 Å². The van der Waals surface area contributed by atoms with Gasteiger partial charge in [0.05, 0.1) is 11.1 Å². The summed E-state index contributed by atoms with van der Waals surface area (Å²) >= 11 is 1.58. The molecule has 2 unspecified atom stereocenters. The minimum absolute atomic E-state index is 0.0113. The van der Waals surface area contributed by atoms with E-state index in [1.54, 1.807) is 21.6 Å². The molecule has 0 aliphatic carbocycles. The molecule has 0 radical (unpaired) electrons. The summed E-state index contributed by atoms with van der Waals surface area (Å²) in [5, 5.41) is -0.576. The third-order valence-electron chi connectivity index (χ3n) is 4.90. The number of likely N-dealkylation sites (tertiary alicyclic amines) is 1. The molecule has 9 heteroatoms. The van der Waals surface area contributed by atoms with Crippen LogP contribution in [0.15, 0.2) is 0 Å². The molecular formula is C15H27N3O4S2. The third kappa shape index (κ3) is 4.05. The molecule has 3 atom stereocenters. The van der Waals surface area contributed by atoms with E-state index in [0.717, 1.165) is 6.42 Å². The van der Waals surface area contributed by atoms with Crippen molar-refractivity contribution >= 4 is 33.6 Å². The van der Waals surface area contributed by atoms with Crippen LogP contribution in [0.5, 0.6) is 0 Å². The Hall–Kier alpha value is -0.800. The van der Waals surface area contributed by atoms with E-state index in [2.05, 4.69) is 4.72 Å². The number of piperidine rings is 1. The molecule has 2 saturated heterocycles. The molecule has 0 spiro atoms. The Balaban J connectivity index is 2.08. The molecular weight excluding hydrogens is 350 g/mol. The quantitative estimate of drug-likeness (QED) is 0.753. The van der Waals surface area contributed by atoms with Crippen LogP contribution in [0.2, 0.25) is 0 Å². The Morgan fingerprint density at radius 1 is 1.38 bits per heavy atom. The maximum absolute atomic E-state index is 12.9. The SMILES string of the molecule is CCC(C)C(=O)N1CSC[C@H]1C(=O)N1CCCC(S(=O)(=O)NC)C1. The number of nitrogens with zero attached hydrogens (tertiary/aromatic N) is 2. The van der Waals surface area contributed by atoms with Gasteiger partial charge in [0.1, 0.15) is 6.04 Å². The van der Waals surface area contributed by atoms with E-state index >= 15 is 0 Å². The summed E-state index contributed by atoms with van der Waals surface area (Å²) in [5.41, 5.74) is 0. The predicted octanol–water partition coefficient (Wildman–Crippen LogP) is 0.474. The highest BCUT2D eigenvalue weighted by Gasteiger charge is 2.40. The number of amides is 2. The lowest BCUT2D eigenvalue weighted by molar-refractivity contribution is -0.145. The van der Waals surface area contributed by atoms with Gasteiger partial charge in [-0.3, -0.25) is 9.59 Å². The second kappa shape index (κ2) is 8.05. The second-order valence-electron chi connectivity index (χ2n) is 6.43. The molecule has 2 aliphatic heterocycles. The van der Waals surface area contributed by atoms with E-state index < -0.39 is 21.3 Å². The number of hydrogen-bond acceptors (Lipinski definition) is 5. The maximum atomic E-state index is 12.9. The summed E-state index contributed by atoms with van der Waals surface area (Å²) in [5.74, 6) is 0.912. The zero-order valence-electron chi connectivity index (χ0n) is 14.5. The standard InChI is InChI=1S/C15H27N3O4S2/c1-4-11(2)14(19)18-10-23-9-13(18)15(20)17-7-5-6-12(8-17)24(21,22)16-3/h11-13,16H,4-10H2,1-3H3/t11?,12?,13-/m0/s1. The van der Waals surface area contributed by atoms with Gasteiger partial charge in [-0.25, -0.2) is 13.1 Å². The lowest BCUT2D eigenvalue weighted by Gasteiger charge is -2.35. The van der Waals surface area contributed by atoms with Gasteiger partial charge >= 0.3 is 0 Å². The van der Waals surface area contributed by atoms with E-state index in [9.17, 15) is 18.0 Å². The molecule has 0 saturated carbocycles. The van der Waals surface area contributed by atoms with Crippen molar-refractivity contribution in [2.24, 2.45) is 5.92 Å². The van der Waals surface area contributed by atoms with Crippen molar-refractivity contribution in [3.8, 4) is 0 Å². The van der Waals surface area contributed by atoms with Gasteiger partial charge in [-0.2, -0.15) is 0 Å². The molecule has 1 N–H and O–H groups in total. The van der Waals surface area contributed by atoms with E-state index in [-0.39, 0.29) is 24.3 Å². The predicted molar refractivity (Wildman–Crippen MR) is 95.0 cm³/mol. The summed E-state index contributed by atoms with van der Waals surface area (Å²) in [4.78, 5) is 28.7. The average molecular weight is 378 g/mol. The first kappa shape index (κ1) is 19.5. The lowest BCUT2D eigenvalue weighted by Crippen LogP contribution is -2.54. The monoisotopic (exact) mass is 377 g/mol. The first-order chi connectivity index (χ1) is 11.3. The summed E-state index contributed by atoms with van der Waals surface area (Å²) in [7, 11) is -1.99. The number of thioether (sulfide) groups is 1. The van der Waals surface area contributed by atoms with Crippen molar-refractivity contribution in [1.82, 2.24) is 14.5 Å². The number of hydrogen-bond donors (Lipinski definition) is 1. The molecule has 2 rings (SSSR count). The molecule has 2 amide bonds. The fourth-order valence-electron chi connectivity index (χ4n) is 3.09. The van der Waals surface area contributed by atoms with E-state index in [4.69, 9.17) is 0 Å². The molecule has 0 aromatic carbocycles. The minimum atomic E-state index is -3.39. The smallest absolute Gasteiger partial charge is 0.246 e. The Kier molecular flexibility index (Phi) is 6.55. The molecule has 138 valence electrons. The van der Waals surface area contributed by atoms with Gasteiger partial charge in [0.15, 0.2) is 0 Å². The van der Waals surface area contributed by atoms with Crippen LogP contribution in [0.1, 0.15) is 33.1 Å². The van der Waals surface area contributed by atoms with Crippen molar-refractivity contribution in [3.05, 3.63) is 0 Å². The van der Waals surface area contributed by atoms with E-state index in [1.807, 2.05) is 13.8 Å². The van der Waals surface area contributed by atoms with Crippen LogP contribution in [-0.4, -0.2) is 73.1 Å². The summed E-state index contributed by atoms with van der Waals surface area (Å²) in [6, 6.07) is -0.465. The molecule has 0 aromatic heterocycles. The summed E-state index contributed by atoms with van der Waals surface area (Å²) in [6.07, 6.45) is 1.96. The molecule has 0 aromatic rings. The van der Waals surface area contributed by atoms with Crippen LogP contribution in [-0.2, 0) is 19.6 Å². The van der Waals surface area contributed by atoms with Crippen molar-refractivity contribution in [3.63, 3.8) is 0 Å². The van der Waals surface area contributed by atoms with Gasteiger partial charge in [-0.05, 0) is 26.3 Å². The number of carbonyl (C=O) groups excluding carboxylic acids is 2. The lowest BCUT2D eigenvalue weighted by atomic mass is 10.1. The van der Waals surface area contributed by atoms with Gasteiger partial charge in [0, 0.05) is 24.8 Å². The van der Waals surface area contributed by atoms with Crippen LogP contribution in [0, 0.1) is 5.92 Å². The Morgan fingerprint density at radius 3 is 2.71 bits per heavy atom. The van der Waals surface area contributed by atoms with Gasteiger partial charge in [0.2, 0.25) is 21.8 Å². The zero-order chi connectivity index (χ0) is 17.9. The molecule has 0 bridgehead atoms. The van der Waals surface area contributed by atoms with Crippen LogP contribution >= 0.6 is 11.8 Å². The van der Waals surface area contributed by atoms with Gasteiger partial charge in [0.25, 0.3) is 0 Å². The molecule has 24 heavy (non-hydrogen) atoms. The highest BCUT2D eigenvalue weighted by Crippen LogP contribution is 2.26. The van der Waals surface area contributed by atoms with Crippen molar-refractivity contribution in [1.29, 1.82) is 0 Å². The largest absolute Gasteiger partial charge is 0.340 e. The molecule has 7 nitrogen and oxygen atoms in total. The third-order valence-corrected chi connectivity index (χ3v) is 7.74. The van der Waals surface area contributed by atoms with Gasteiger partial charge < -0.3 is 9.80 Å². The van der Waals surface area contributed by atoms with Crippen LogP contribution in [0.4, 0.5) is 0 Å². The summed E-state index contributed by atoms with van der Waals surface area (Å²) in [6.45, 7) is 4.60. The number of carbonyl (C=O) groups is 2. The molecule has 2 aliphatic rings. The first-order valence-corrected chi connectivity index (χ1v) is 11.1. The average Bonchev–Trinajstić information content (AvgIpc) is 3.09. The van der Waals surface area contributed by atoms with Crippen LogP contribution in [0.3, 0.4) is 0 Å². The Labute approximate surface area is 148 Å². The number of nitrogens with one attached hydrogen (secondary N) is 1. The maximum Gasteiger partial charge on any atom is 0.246 e. The van der Waals surface area contributed by atoms with E-state index in [1.165, 1.54) is 7.05 Å². The van der Waals surface area contributed by atoms with Crippen molar-refractivity contribution in [2.75, 3.05) is 31.8 Å². The fourth-order valence-corrected chi connectivity index (χ4v) is 5.43. The molecule has 2 heterocycles. The molecule has 2 fully saturated rings. The Bertz CT molecular complexity index is 581. The van der Waals surface area contributed by atoms with Crippen molar-refractivity contribution < 1.29 is 18.0 Å². The van der Waals surface area contributed by atoms with Crippen LogP contribution in [0.25, 0.3) is 0 Å². The minimum Gasteiger partial charge on any atom is -0.340 e. The topological polar surface area (TPSA) is 86.8 Å². The Morgan fingerprint density at radius 2 is 2.08 bits per heavy atom. The second-order valence-corrected chi connectivity index (χ2v) is 9.60. The highest BCUT2D eigenvalue weighted by atomic mass is 32.2. The van der Waals surface area contributed by atoms with E-state index in [0.29, 0.717) is 31.0 Å². The van der Waals surface area contributed by atoms with Gasteiger partial charge in [-0.15, -0.1) is 11.8 Å². The van der Waals surface area contributed by atoms with Gasteiger partial charge in [-0.1, -0.05) is 13.8 Å². The fraction of sp³-hybridized carbons (Fsp3) is 0.867.